The molecule has 5 nitrogen and oxygen atoms in total. The topological polar surface area (TPSA) is 68.0 Å². The van der Waals surface area contributed by atoms with Crippen molar-refractivity contribution >= 4 is 11.6 Å². The summed E-state index contributed by atoms with van der Waals surface area (Å²) in [7, 11) is 0. The molecule has 0 spiro atoms. The number of rotatable bonds is 5. The Labute approximate surface area is 158 Å². The third-order valence-electron chi connectivity index (χ3n) is 4.95. The molecule has 2 aromatic carbocycles. The molecule has 0 radical (unpaired) electrons. The van der Waals surface area contributed by atoms with Gasteiger partial charge < -0.3 is 9.84 Å². The average Bonchev–Trinajstić information content (AvgIpc) is 3.14. The Hall–Kier alpha value is -3.16. The normalized spacial score (nSPS) is 18.7. The van der Waals surface area contributed by atoms with Gasteiger partial charge in [0, 0.05) is 17.2 Å². The van der Waals surface area contributed by atoms with Gasteiger partial charge in [0.05, 0.1) is 0 Å². The Bertz CT molecular complexity index is 971. The molecule has 8 heteroatoms. The lowest BCUT2D eigenvalue weighted by Gasteiger charge is -2.35. The molecule has 144 valence electrons. The van der Waals surface area contributed by atoms with Gasteiger partial charge in [-0.2, -0.15) is 13.8 Å². The average molecular weight is 387 g/mol. The van der Waals surface area contributed by atoms with Crippen LogP contribution in [0.1, 0.15) is 36.6 Å². The van der Waals surface area contributed by atoms with Crippen LogP contribution >= 0.6 is 0 Å². The van der Waals surface area contributed by atoms with Crippen LogP contribution in [-0.4, -0.2) is 16.0 Å². The fraction of sp³-hybridized carbons (Fsp3) is 0.250. The zero-order chi connectivity index (χ0) is 19.7. The molecular formula is C20H16F3N3O2. The molecule has 1 saturated carbocycles. The highest BCUT2D eigenvalue weighted by atomic mass is 19.3. The first-order valence-corrected chi connectivity index (χ1v) is 8.80. The first kappa shape index (κ1) is 18.2. The summed E-state index contributed by atoms with van der Waals surface area (Å²) in [6.45, 7) is 0. The summed E-state index contributed by atoms with van der Waals surface area (Å²) in [5.41, 5.74) is 2.03. The second-order valence-corrected chi connectivity index (χ2v) is 6.67. The minimum Gasteiger partial charge on any atom is -0.333 e. The Balaban J connectivity index is 1.41. The van der Waals surface area contributed by atoms with Crippen LogP contribution in [0.2, 0.25) is 0 Å². The van der Waals surface area contributed by atoms with Crippen LogP contribution in [0.15, 0.2) is 53.1 Å². The second-order valence-electron chi connectivity index (χ2n) is 6.67. The van der Waals surface area contributed by atoms with Crippen LogP contribution in [0, 0.1) is 11.7 Å². The van der Waals surface area contributed by atoms with Crippen molar-refractivity contribution in [3.8, 4) is 11.4 Å². The lowest BCUT2D eigenvalue weighted by molar-refractivity contribution is -0.123. The van der Waals surface area contributed by atoms with Gasteiger partial charge >= 0.3 is 6.43 Å². The van der Waals surface area contributed by atoms with E-state index >= 15 is 0 Å². The predicted octanol–water partition coefficient (Wildman–Crippen LogP) is 4.95. The number of amides is 1. The van der Waals surface area contributed by atoms with Crippen molar-refractivity contribution in [2.45, 2.75) is 25.2 Å². The van der Waals surface area contributed by atoms with Gasteiger partial charge in [0.1, 0.15) is 5.82 Å². The zero-order valence-electron chi connectivity index (χ0n) is 14.6. The number of hydrogen-bond acceptors (Lipinski definition) is 4. The SMILES string of the molecule is O=C(Nc1ccc(-c2noc(C(F)F)n2)cc1)C1CCC1c1ccc(F)cc1. The molecule has 3 aromatic rings. The fourth-order valence-corrected chi connectivity index (χ4v) is 3.30. The predicted molar refractivity (Wildman–Crippen MR) is 95.2 cm³/mol. The van der Waals surface area contributed by atoms with Crippen molar-refractivity contribution < 1.29 is 22.5 Å². The Kier molecular flexibility index (Phi) is 4.85. The number of benzene rings is 2. The van der Waals surface area contributed by atoms with Crippen molar-refractivity contribution in [2.75, 3.05) is 5.32 Å². The lowest BCUT2D eigenvalue weighted by atomic mass is 9.69. The van der Waals surface area contributed by atoms with Gasteiger partial charge in [0.15, 0.2) is 0 Å². The minimum atomic E-state index is -2.82. The van der Waals surface area contributed by atoms with E-state index < -0.39 is 12.3 Å². The molecule has 28 heavy (non-hydrogen) atoms. The largest absolute Gasteiger partial charge is 0.333 e. The first-order valence-electron chi connectivity index (χ1n) is 8.80. The summed E-state index contributed by atoms with van der Waals surface area (Å²) >= 11 is 0. The quantitative estimate of drug-likeness (QED) is 0.673. The highest BCUT2D eigenvalue weighted by Gasteiger charge is 2.37. The maximum atomic E-state index is 13.1. The van der Waals surface area contributed by atoms with Crippen LogP contribution in [0.3, 0.4) is 0 Å². The molecule has 0 saturated heterocycles. The van der Waals surface area contributed by atoms with E-state index in [-0.39, 0.29) is 29.4 Å². The standard InChI is InChI=1S/C20H16F3N3O2/c21-13-5-1-11(2-6-13)15-9-10-16(15)19(27)24-14-7-3-12(4-8-14)18-25-20(17(22)23)28-26-18/h1-8,15-17H,9-10H2,(H,24,27). The van der Waals surface area contributed by atoms with Gasteiger partial charge in [-0.3, -0.25) is 4.79 Å². The number of anilines is 1. The van der Waals surface area contributed by atoms with Crippen LogP contribution < -0.4 is 5.32 Å². The molecule has 1 fully saturated rings. The summed E-state index contributed by atoms with van der Waals surface area (Å²) < 4.78 is 42.6. The van der Waals surface area contributed by atoms with Crippen molar-refractivity contribution in [1.82, 2.24) is 10.1 Å². The van der Waals surface area contributed by atoms with Crippen molar-refractivity contribution in [3.05, 3.63) is 65.8 Å². The number of nitrogens with one attached hydrogen (secondary N) is 1. The number of alkyl halides is 2. The molecule has 2 atom stereocenters. The van der Waals surface area contributed by atoms with Crippen LogP contribution in [0.25, 0.3) is 11.4 Å². The van der Waals surface area contributed by atoms with Crippen LogP contribution in [-0.2, 0) is 4.79 Å². The Morgan fingerprint density at radius 2 is 1.79 bits per heavy atom. The van der Waals surface area contributed by atoms with E-state index in [1.807, 2.05) is 0 Å². The number of halogens is 3. The van der Waals surface area contributed by atoms with E-state index in [9.17, 15) is 18.0 Å². The zero-order valence-corrected chi connectivity index (χ0v) is 14.6. The second kappa shape index (κ2) is 7.46. The summed E-state index contributed by atoms with van der Waals surface area (Å²) in [6, 6.07) is 12.8. The van der Waals surface area contributed by atoms with Gasteiger partial charge in [-0.05, 0) is 60.7 Å². The molecule has 1 aliphatic rings. The Morgan fingerprint density at radius 3 is 2.36 bits per heavy atom. The van der Waals surface area contributed by atoms with Gasteiger partial charge in [-0.25, -0.2) is 4.39 Å². The molecule has 1 aromatic heterocycles. The lowest BCUT2D eigenvalue weighted by Crippen LogP contribution is -2.35. The Morgan fingerprint density at radius 1 is 1.07 bits per heavy atom. The third-order valence-corrected chi connectivity index (χ3v) is 4.95. The summed E-state index contributed by atoms with van der Waals surface area (Å²) in [6.07, 6.45) is -1.17. The monoisotopic (exact) mass is 387 g/mol. The molecule has 2 unspecified atom stereocenters. The molecule has 1 heterocycles. The highest BCUT2D eigenvalue weighted by molar-refractivity contribution is 5.94. The summed E-state index contributed by atoms with van der Waals surface area (Å²) in [4.78, 5) is 16.2. The number of nitrogens with zero attached hydrogens (tertiary/aromatic N) is 2. The van der Waals surface area contributed by atoms with Crippen molar-refractivity contribution in [2.24, 2.45) is 5.92 Å². The van der Waals surface area contributed by atoms with E-state index in [4.69, 9.17) is 0 Å². The first-order chi connectivity index (χ1) is 13.5. The van der Waals surface area contributed by atoms with Crippen molar-refractivity contribution in [1.29, 1.82) is 0 Å². The molecule has 0 aliphatic heterocycles. The third kappa shape index (κ3) is 3.62. The van der Waals surface area contributed by atoms with Crippen LogP contribution in [0.4, 0.5) is 18.9 Å². The molecule has 4 rings (SSSR count). The fourth-order valence-electron chi connectivity index (χ4n) is 3.30. The number of carbonyl (C=O) groups excluding carboxylic acids is 1. The molecule has 1 N–H and O–H groups in total. The highest BCUT2D eigenvalue weighted by Crippen LogP contribution is 2.43. The molecule has 1 amide bonds. The van der Waals surface area contributed by atoms with Crippen LogP contribution in [0.5, 0.6) is 0 Å². The van der Waals surface area contributed by atoms with Crippen molar-refractivity contribution in [3.63, 3.8) is 0 Å². The van der Waals surface area contributed by atoms with E-state index in [2.05, 4.69) is 20.0 Å². The van der Waals surface area contributed by atoms with E-state index in [1.54, 1.807) is 36.4 Å². The summed E-state index contributed by atoms with van der Waals surface area (Å²) in [5.74, 6) is -1.17. The van der Waals surface area contributed by atoms with E-state index in [1.165, 1.54) is 12.1 Å². The van der Waals surface area contributed by atoms with Gasteiger partial charge in [0.2, 0.25) is 11.7 Å². The number of carbonyl (C=O) groups is 1. The molecular weight excluding hydrogens is 371 g/mol. The van der Waals surface area contributed by atoms with Gasteiger partial charge in [-0.15, -0.1) is 0 Å². The maximum absolute atomic E-state index is 13.1. The van der Waals surface area contributed by atoms with E-state index in [0.29, 0.717) is 11.3 Å². The smallest absolute Gasteiger partial charge is 0.315 e. The number of aromatic nitrogens is 2. The molecule has 1 aliphatic carbocycles. The molecule has 0 bridgehead atoms. The summed E-state index contributed by atoms with van der Waals surface area (Å²) in [5, 5.41) is 6.38. The van der Waals surface area contributed by atoms with Gasteiger partial charge in [0.25, 0.3) is 5.89 Å². The van der Waals surface area contributed by atoms with Gasteiger partial charge in [-0.1, -0.05) is 17.3 Å². The number of hydrogen-bond donors (Lipinski definition) is 1. The minimum absolute atomic E-state index is 0.0588. The van der Waals surface area contributed by atoms with E-state index in [0.717, 1.165) is 18.4 Å². The maximum Gasteiger partial charge on any atom is 0.315 e.